The number of rotatable bonds is 16. The van der Waals surface area contributed by atoms with E-state index in [-0.39, 0.29) is 17.6 Å². The highest BCUT2D eigenvalue weighted by atomic mass is 35.5. The van der Waals surface area contributed by atoms with E-state index in [0.29, 0.717) is 5.03 Å². The number of allylic oxidation sites excluding steroid dienone is 15. The fourth-order valence-corrected chi connectivity index (χ4v) is 7.77. The van der Waals surface area contributed by atoms with Crippen LogP contribution in [0.1, 0.15) is 26.7 Å². The molecule has 5 aliphatic rings. The minimum Gasteiger partial charge on any atom is -0.507 e. The molecule has 5 aliphatic heterocycles. The van der Waals surface area contributed by atoms with Gasteiger partial charge in [-0.25, -0.2) is 0 Å². The van der Waals surface area contributed by atoms with Gasteiger partial charge in [0.15, 0.2) is 24.6 Å². The van der Waals surface area contributed by atoms with Crippen LogP contribution in [0, 0.1) is 0 Å². The van der Waals surface area contributed by atoms with Gasteiger partial charge in [0, 0.05) is 5.03 Å². The third-order valence-corrected chi connectivity index (χ3v) is 11.2. The molecule has 0 bridgehead atoms. The number of likely N-dealkylation sites (tertiary alicyclic amines) is 1. The predicted molar refractivity (Wildman–Crippen MR) is 225 cm³/mol. The van der Waals surface area contributed by atoms with Crippen molar-refractivity contribution in [2.24, 2.45) is 5.73 Å². The zero-order chi connectivity index (χ0) is 46.0. The monoisotopic (exact) mass is 924 g/mol. The van der Waals surface area contributed by atoms with Crippen LogP contribution in [0.2, 0.25) is 0 Å². The van der Waals surface area contributed by atoms with E-state index >= 15 is 0 Å². The van der Waals surface area contributed by atoms with Crippen LogP contribution < -0.4 is 5.73 Å². The molecule has 0 saturated carbocycles. The van der Waals surface area contributed by atoms with Crippen LogP contribution >= 0.6 is 23.2 Å². The van der Waals surface area contributed by atoms with Crippen LogP contribution in [0.5, 0.6) is 0 Å². The normalized spacial score (nSPS) is 39.4. The molecule has 9 N–H and O–H groups in total. The quantitative estimate of drug-likeness (QED) is 0.0347. The lowest BCUT2D eigenvalue weighted by Gasteiger charge is -2.46. The molecule has 346 valence electrons. The molecule has 0 aliphatic carbocycles. The van der Waals surface area contributed by atoms with E-state index < -0.39 is 128 Å². The number of halogens is 2. The largest absolute Gasteiger partial charge is 0.507 e. The Morgan fingerprint density at radius 3 is 2.06 bits per heavy atom. The minimum atomic E-state index is -1.90. The first-order chi connectivity index (χ1) is 30.0. The van der Waals surface area contributed by atoms with Crippen LogP contribution in [-0.2, 0) is 42.8 Å². The van der Waals surface area contributed by atoms with Gasteiger partial charge >= 0.3 is 0 Å². The molecule has 16 unspecified atom stereocenters. The predicted octanol–water partition coefficient (Wildman–Crippen LogP) is 0.648. The van der Waals surface area contributed by atoms with Crippen LogP contribution in [0.4, 0.5) is 0 Å². The van der Waals surface area contributed by atoms with E-state index in [1.807, 2.05) is 31.2 Å². The minimum absolute atomic E-state index is 0.0390. The van der Waals surface area contributed by atoms with Gasteiger partial charge in [-0.15, -0.1) is 11.6 Å². The Labute approximate surface area is 373 Å². The maximum absolute atomic E-state index is 13.9. The molecule has 0 spiro atoms. The first kappa shape index (κ1) is 50.2. The zero-order valence-electron chi connectivity index (χ0n) is 34.3. The van der Waals surface area contributed by atoms with Crippen LogP contribution in [0.15, 0.2) is 108 Å². The maximum atomic E-state index is 13.9. The third-order valence-electron chi connectivity index (χ3n) is 10.6. The number of carbonyl (C=O) groups is 3. The molecule has 5 rings (SSSR count). The number of nitrogens with zero attached hydrogens (tertiary/aromatic N) is 1. The van der Waals surface area contributed by atoms with E-state index in [1.54, 1.807) is 48.6 Å². The molecular formula is C43H54Cl2N2O16. The molecule has 18 nitrogen and oxygen atoms in total. The molecule has 16 atom stereocenters. The highest BCUT2D eigenvalue weighted by Gasteiger charge is 2.56. The van der Waals surface area contributed by atoms with E-state index in [1.165, 1.54) is 19.1 Å². The number of Topliss-reactive ketones (excluding diaryl/α,β-unsaturated/α-hetero) is 1. The van der Waals surface area contributed by atoms with Gasteiger partial charge in [0.25, 0.3) is 5.91 Å². The first-order valence-electron chi connectivity index (χ1n) is 20.2. The molecule has 0 radical (unpaired) electrons. The Balaban J connectivity index is 1.19. The number of hydrogen-bond acceptors (Lipinski definition) is 16. The van der Waals surface area contributed by atoms with Crippen molar-refractivity contribution >= 4 is 40.8 Å². The van der Waals surface area contributed by atoms with E-state index in [4.69, 9.17) is 57.4 Å². The van der Waals surface area contributed by atoms with Gasteiger partial charge in [-0.3, -0.25) is 19.3 Å². The summed E-state index contributed by atoms with van der Waals surface area (Å²) in [6.07, 6.45) is 6.55. The van der Waals surface area contributed by atoms with Gasteiger partial charge in [0.05, 0.1) is 43.3 Å². The Morgan fingerprint density at radius 1 is 0.794 bits per heavy atom. The summed E-state index contributed by atoms with van der Waals surface area (Å²) < 4.78 is 33.7. The van der Waals surface area contributed by atoms with E-state index in [0.717, 1.165) is 17.4 Å². The molecule has 0 aromatic rings. The van der Waals surface area contributed by atoms with Crippen molar-refractivity contribution < 1.29 is 78.6 Å². The number of amides is 2. The number of ether oxygens (including phenoxy) is 6. The van der Waals surface area contributed by atoms with Gasteiger partial charge in [-0.05, 0) is 38.5 Å². The van der Waals surface area contributed by atoms with Crippen molar-refractivity contribution in [1.29, 1.82) is 0 Å². The molecule has 5 fully saturated rings. The molecule has 0 aromatic carbocycles. The van der Waals surface area contributed by atoms with Crippen LogP contribution in [-0.4, -0.2) is 169 Å². The molecule has 63 heavy (non-hydrogen) atoms. The fourth-order valence-electron chi connectivity index (χ4n) is 7.23. The average molecular weight is 926 g/mol. The number of carbonyl (C=O) groups excluding carboxylic acids is 3. The van der Waals surface area contributed by atoms with Gasteiger partial charge < -0.3 is 69.9 Å². The molecule has 5 heterocycles. The molecular weight excluding hydrogens is 871 g/mol. The van der Waals surface area contributed by atoms with Crippen molar-refractivity contribution in [3.05, 3.63) is 108 Å². The van der Waals surface area contributed by atoms with Crippen molar-refractivity contribution in [1.82, 2.24) is 4.90 Å². The Hall–Kier alpha value is -3.83. The summed E-state index contributed by atoms with van der Waals surface area (Å²) in [5.74, 6) is -3.89. The Morgan fingerprint density at radius 2 is 1.43 bits per heavy atom. The number of ketones is 1. The summed E-state index contributed by atoms with van der Waals surface area (Å²) in [5.41, 5.74) is 4.70. The van der Waals surface area contributed by atoms with Crippen LogP contribution in [0.25, 0.3) is 0 Å². The van der Waals surface area contributed by atoms with Crippen molar-refractivity contribution in [2.75, 3.05) is 13.2 Å². The summed E-state index contributed by atoms with van der Waals surface area (Å²) >= 11 is 12.5. The average Bonchev–Trinajstić information content (AvgIpc) is 3.78. The smallest absolute Gasteiger partial charge is 0.264 e. The zero-order valence-corrected chi connectivity index (χ0v) is 35.8. The van der Waals surface area contributed by atoms with Crippen molar-refractivity contribution in [2.45, 2.75) is 124 Å². The molecule has 20 heteroatoms. The maximum Gasteiger partial charge on any atom is 0.264 e. The van der Waals surface area contributed by atoms with Gasteiger partial charge in [0.2, 0.25) is 5.91 Å². The van der Waals surface area contributed by atoms with Gasteiger partial charge in [-0.2, -0.15) is 0 Å². The number of alkyl halides is 1. The third kappa shape index (κ3) is 12.9. The second-order valence-electron chi connectivity index (χ2n) is 15.3. The highest BCUT2D eigenvalue weighted by Crippen LogP contribution is 2.35. The first-order valence-corrected chi connectivity index (χ1v) is 21.0. The lowest BCUT2D eigenvalue weighted by Crippen LogP contribution is -2.65. The fraction of sp³-hybridized carbons (Fsp3) is 0.512. The summed E-state index contributed by atoms with van der Waals surface area (Å²) in [5, 5.41) is 74.9. The van der Waals surface area contributed by atoms with Crippen LogP contribution in [0.3, 0.4) is 0 Å². The van der Waals surface area contributed by atoms with E-state index in [2.05, 4.69) is 0 Å². The second kappa shape index (κ2) is 23.4. The SMILES string of the molecule is CC1CC(Cl)C(C=CC=CC=CC(Cl)=CC=CC=CC=CC=CC(O)=C2C(=O)C(CC(N)=O)N(C3OCC(O)C(O)C3OC3OCC(OC4OC(C)C(O)C4O)C(O)C3O)C2=O)O1. The molecule has 5 saturated heterocycles. The molecule has 0 aromatic heterocycles. The Kier molecular flexibility index (Phi) is 18.6. The number of primary amides is 1. The lowest BCUT2D eigenvalue weighted by atomic mass is 10.0. The summed E-state index contributed by atoms with van der Waals surface area (Å²) in [6.45, 7) is 2.44. The van der Waals surface area contributed by atoms with Gasteiger partial charge in [-0.1, -0.05) is 84.5 Å². The number of aliphatic hydroxyl groups is 7. The molecule has 2 amide bonds. The summed E-state index contributed by atoms with van der Waals surface area (Å²) in [4.78, 5) is 40.4. The lowest BCUT2D eigenvalue weighted by molar-refractivity contribution is -0.338. The highest BCUT2D eigenvalue weighted by molar-refractivity contribution is 6.31. The standard InChI is InChI=1S/C43H54Cl2N2O16/c1-22-18-25(45)29(60-22)17-13-9-8-11-15-24(44)14-10-6-4-3-5-7-12-16-27(48)32-34(52)26(19-31(46)50)47(40(32)57)41-39(35(53)28(49)20-58-41)63-42-38(56)36(54)30(21-59-42)62-43-37(55)33(51)23(2)61-43/h3-17,22-23,25-26,28-30,33,35-39,41-43,48-49,51,53-56H,18-21H2,1-2H3,(H2,46,50). The number of nitrogens with two attached hydrogens (primary N) is 1. The Bertz CT molecular complexity index is 1900. The number of hydrogen-bond donors (Lipinski definition) is 8. The number of aliphatic hydroxyl groups excluding tert-OH is 7. The van der Waals surface area contributed by atoms with Crippen molar-refractivity contribution in [3.63, 3.8) is 0 Å². The summed E-state index contributed by atoms with van der Waals surface area (Å²) in [7, 11) is 0. The van der Waals surface area contributed by atoms with E-state index in [9.17, 15) is 50.1 Å². The second-order valence-corrected chi connectivity index (χ2v) is 16.3. The van der Waals surface area contributed by atoms with Gasteiger partial charge in [0.1, 0.15) is 66.2 Å². The summed E-state index contributed by atoms with van der Waals surface area (Å²) in [6, 6.07) is -1.64. The topological polar surface area (TPSA) is 277 Å². The van der Waals surface area contributed by atoms with Crippen molar-refractivity contribution in [3.8, 4) is 0 Å².